The van der Waals surface area contributed by atoms with Crippen molar-refractivity contribution < 1.29 is 27.9 Å². The van der Waals surface area contributed by atoms with E-state index in [0.717, 1.165) is 38.9 Å². The third-order valence-electron chi connectivity index (χ3n) is 9.94. The van der Waals surface area contributed by atoms with E-state index in [4.69, 9.17) is 9.84 Å². The van der Waals surface area contributed by atoms with Crippen LogP contribution in [0.2, 0.25) is 0 Å². The third kappa shape index (κ3) is 7.44. The Morgan fingerprint density at radius 3 is 2.49 bits per heavy atom. The first-order chi connectivity index (χ1) is 25.2. The Balaban J connectivity index is 1.41. The van der Waals surface area contributed by atoms with Gasteiger partial charge in [0, 0.05) is 19.0 Å². The highest BCUT2D eigenvalue weighted by atomic mass is 32.2. The first-order valence-electron chi connectivity index (χ1n) is 17.5. The summed E-state index contributed by atoms with van der Waals surface area (Å²) in [6.07, 6.45) is 1.98. The molecule has 2 atom stereocenters. The predicted octanol–water partition coefficient (Wildman–Crippen LogP) is 5.78. The Hall–Kier alpha value is -5.41. The van der Waals surface area contributed by atoms with Crippen molar-refractivity contribution in [1.82, 2.24) is 34.6 Å². The molecule has 0 bridgehead atoms. The van der Waals surface area contributed by atoms with E-state index in [2.05, 4.69) is 30.9 Å². The molecule has 3 aromatic carbocycles. The Bertz CT molecular complexity index is 2270. The molecule has 0 saturated heterocycles. The molecule has 3 N–H and O–H groups in total. The van der Waals surface area contributed by atoms with Crippen molar-refractivity contribution >= 4 is 38.7 Å². The zero-order valence-corrected chi connectivity index (χ0v) is 31.4. The van der Waals surface area contributed by atoms with E-state index in [-0.39, 0.29) is 42.4 Å². The number of nitrogens with one attached hydrogen (secondary N) is 2. The van der Waals surface area contributed by atoms with E-state index in [9.17, 15) is 18.0 Å². The van der Waals surface area contributed by atoms with E-state index in [1.54, 1.807) is 24.3 Å². The zero-order valence-electron chi connectivity index (χ0n) is 30.6. The molecule has 0 radical (unpaired) electrons. The van der Waals surface area contributed by atoms with Crippen molar-refractivity contribution in [3.05, 3.63) is 101 Å². The number of para-hydroxylation sites is 1. The number of nitrogens with zero attached hydrogens (tertiary/aromatic N) is 6. The summed E-state index contributed by atoms with van der Waals surface area (Å²) in [4.78, 5) is 33.8. The van der Waals surface area contributed by atoms with E-state index in [1.165, 1.54) is 16.7 Å². The average Bonchev–Trinajstić information content (AvgIpc) is 3.52. The van der Waals surface area contributed by atoms with Crippen molar-refractivity contribution in [1.29, 1.82) is 0 Å². The standard InChI is InChI=1S/C38H44N8O6S/c1-7-28-22-45(53(50,51)32-12-10-9-11-31(32)52-28)21-26-17-25(14-13-23(26)3)34(29-15-16-30-35(24(29)4)43-44-46(30)8-2)38(5,6)36(47)42-27-18-39-33(40-19-27)20-41-37(48)49/h9-19,28,34,41H,7-8,20-22H2,1-6H3,(H,42,47)(H,48,49)/t28-,34?/m1/s1. The maximum Gasteiger partial charge on any atom is 0.405 e. The molecule has 2 aromatic heterocycles. The van der Waals surface area contributed by atoms with Crippen LogP contribution in [0.3, 0.4) is 0 Å². The molecule has 3 heterocycles. The van der Waals surface area contributed by atoms with Gasteiger partial charge in [0.25, 0.3) is 0 Å². The summed E-state index contributed by atoms with van der Waals surface area (Å²) in [5.41, 5.74) is 5.15. The lowest BCUT2D eigenvalue weighted by Gasteiger charge is -2.35. The monoisotopic (exact) mass is 740 g/mol. The number of hydrogen-bond donors (Lipinski definition) is 3. The maximum absolute atomic E-state index is 14.3. The van der Waals surface area contributed by atoms with Gasteiger partial charge in [-0.1, -0.05) is 62.4 Å². The van der Waals surface area contributed by atoms with Crippen LogP contribution < -0.4 is 15.4 Å². The number of hydrogen-bond acceptors (Lipinski definition) is 9. The molecule has 1 unspecified atom stereocenters. The molecule has 278 valence electrons. The van der Waals surface area contributed by atoms with Gasteiger partial charge in [0.1, 0.15) is 28.1 Å². The van der Waals surface area contributed by atoms with E-state index in [1.807, 2.05) is 76.6 Å². The lowest BCUT2D eigenvalue weighted by atomic mass is 9.69. The molecular weight excluding hydrogens is 697 g/mol. The van der Waals surface area contributed by atoms with Gasteiger partial charge in [-0.05, 0) is 73.2 Å². The SMILES string of the molecule is CC[C@@H]1CN(Cc2cc(C(c3ccc4c(nnn4CC)c3C)C(C)(C)C(=O)Nc3cnc(CNC(=O)O)nc3)ccc2C)S(=O)(=O)c2ccccc2O1. The Morgan fingerprint density at radius 1 is 1.06 bits per heavy atom. The minimum absolute atomic E-state index is 0.0747. The lowest BCUT2D eigenvalue weighted by molar-refractivity contribution is -0.124. The number of rotatable bonds is 11. The van der Waals surface area contributed by atoms with Gasteiger partial charge in [-0.2, -0.15) is 4.31 Å². The molecule has 5 aromatic rings. The molecule has 0 saturated carbocycles. The number of carbonyl (C=O) groups is 2. The summed E-state index contributed by atoms with van der Waals surface area (Å²) in [6, 6.07) is 16.7. The molecule has 53 heavy (non-hydrogen) atoms. The average molecular weight is 741 g/mol. The quantitative estimate of drug-likeness (QED) is 0.150. The van der Waals surface area contributed by atoms with Gasteiger partial charge in [0.05, 0.1) is 42.1 Å². The normalized spacial score (nSPS) is 16.3. The zero-order chi connectivity index (χ0) is 38.1. The molecule has 0 aliphatic carbocycles. The van der Waals surface area contributed by atoms with Crippen LogP contribution in [-0.2, 0) is 34.5 Å². The molecule has 1 aliphatic rings. The highest BCUT2D eigenvalue weighted by Gasteiger charge is 2.41. The van der Waals surface area contributed by atoms with Gasteiger partial charge in [0.2, 0.25) is 15.9 Å². The van der Waals surface area contributed by atoms with Gasteiger partial charge >= 0.3 is 6.09 Å². The number of carbonyl (C=O) groups excluding carboxylic acids is 1. The predicted molar refractivity (Wildman–Crippen MR) is 199 cm³/mol. The van der Waals surface area contributed by atoms with Crippen molar-refractivity contribution in [3.8, 4) is 5.75 Å². The largest absolute Gasteiger partial charge is 0.488 e. The van der Waals surface area contributed by atoms with Crippen LogP contribution in [-0.4, -0.2) is 67.4 Å². The number of amides is 2. The summed E-state index contributed by atoms with van der Waals surface area (Å²) < 4.78 is 37.6. The Labute approximate surface area is 308 Å². The van der Waals surface area contributed by atoms with Crippen LogP contribution >= 0.6 is 0 Å². The minimum atomic E-state index is -3.90. The molecule has 1 aliphatic heterocycles. The topological polar surface area (TPSA) is 182 Å². The molecule has 6 rings (SSSR count). The highest BCUT2D eigenvalue weighted by Crippen LogP contribution is 2.45. The van der Waals surface area contributed by atoms with E-state index < -0.39 is 27.4 Å². The molecule has 0 spiro atoms. The number of aromatic nitrogens is 5. The van der Waals surface area contributed by atoms with Crippen LogP contribution in [0, 0.1) is 19.3 Å². The maximum atomic E-state index is 14.3. The van der Waals surface area contributed by atoms with Gasteiger partial charge in [-0.3, -0.25) is 4.79 Å². The van der Waals surface area contributed by atoms with Crippen LogP contribution in [0.1, 0.15) is 73.7 Å². The Morgan fingerprint density at radius 2 is 1.79 bits per heavy atom. The van der Waals surface area contributed by atoms with Crippen LogP contribution in [0.15, 0.2) is 71.9 Å². The molecular formula is C38H44N8O6S. The molecule has 14 nitrogen and oxygen atoms in total. The van der Waals surface area contributed by atoms with Gasteiger partial charge in [0.15, 0.2) is 0 Å². The smallest absolute Gasteiger partial charge is 0.405 e. The van der Waals surface area contributed by atoms with E-state index in [0.29, 0.717) is 24.4 Å². The van der Waals surface area contributed by atoms with Gasteiger partial charge in [-0.15, -0.1) is 5.10 Å². The third-order valence-corrected chi connectivity index (χ3v) is 11.8. The first-order valence-corrected chi connectivity index (χ1v) is 19.0. The van der Waals surface area contributed by atoms with Crippen LogP contribution in [0.25, 0.3) is 11.0 Å². The number of fused-ring (bicyclic) bond motifs is 2. The number of benzene rings is 3. The van der Waals surface area contributed by atoms with Crippen LogP contribution in [0.4, 0.5) is 10.5 Å². The summed E-state index contributed by atoms with van der Waals surface area (Å²) in [6.45, 7) is 12.5. The van der Waals surface area contributed by atoms with Gasteiger partial charge in [-0.25, -0.2) is 27.9 Å². The molecule has 0 fully saturated rings. The number of aryl methyl sites for hydroxylation is 3. The van der Waals surface area contributed by atoms with Gasteiger partial charge < -0.3 is 20.5 Å². The fourth-order valence-electron chi connectivity index (χ4n) is 6.84. The molecule has 15 heteroatoms. The lowest BCUT2D eigenvalue weighted by Crippen LogP contribution is -2.38. The second-order valence-electron chi connectivity index (χ2n) is 13.8. The molecule has 2 amide bonds. The number of ether oxygens (including phenoxy) is 1. The Kier molecular flexibility index (Phi) is 10.5. The summed E-state index contributed by atoms with van der Waals surface area (Å²) in [5.74, 6) is -0.226. The summed E-state index contributed by atoms with van der Waals surface area (Å²) in [5, 5.41) is 22.9. The highest BCUT2D eigenvalue weighted by molar-refractivity contribution is 7.89. The number of anilines is 1. The minimum Gasteiger partial charge on any atom is -0.488 e. The summed E-state index contributed by atoms with van der Waals surface area (Å²) >= 11 is 0. The summed E-state index contributed by atoms with van der Waals surface area (Å²) in [7, 11) is -3.90. The van der Waals surface area contributed by atoms with E-state index >= 15 is 0 Å². The van der Waals surface area contributed by atoms with Crippen molar-refractivity contribution in [3.63, 3.8) is 0 Å². The second kappa shape index (κ2) is 14.9. The van der Waals surface area contributed by atoms with Crippen molar-refractivity contribution in [2.75, 3.05) is 11.9 Å². The van der Waals surface area contributed by atoms with Crippen molar-refractivity contribution in [2.24, 2.45) is 5.41 Å². The first kappa shape index (κ1) is 37.4. The fourth-order valence-corrected chi connectivity index (χ4v) is 8.41. The fraction of sp³-hybridized carbons (Fsp3) is 0.368. The van der Waals surface area contributed by atoms with Crippen LogP contribution in [0.5, 0.6) is 5.75 Å². The number of carboxylic acid groups (broad SMARTS) is 1. The number of sulfonamides is 1. The second-order valence-corrected chi connectivity index (χ2v) is 15.7. The van der Waals surface area contributed by atoms with Crippen molar-refractivity contribution in [2.45, 2.75) is 84.5 Å².